The average molecular weight is 403 g/mol. The Hall–Kier alpha value is -2.85. The molecule has 0 aliphatic heterocycles. The maximum absolute atomic E-state index is 12.3. The van der Waals surface area contributed by atoms with Crippen LogP contribution in [0.15, 0.2) is 50.5 Å². The molecule has 9 nitrogen and oxygen atoms in total. The van der Waals surface area contributed by atoms with Crippen LogP contribution in [0.1, 0.15) is 0 Å². The highest BCUT2D eigenvalue weighted by Gasteiger charge is 2.18. The van der Waals surface area contributed by atoms with Gasteiger partial charge < -0.3 is 9.15 Å². The SMILES string of the molecule is COCn1nnc2c(-c3ncc(-c4ccc(Br)cc4)o3)ncn2c1=O. The molecule has 0 saturated carbocycles. The van der Waals surface area contributed by atoms with E-state index in [4.69, 9.17) is 9.15 Å². The number of fused-ring (bicyclic) bond motifs is 1. The number of hydrogen-bond acceptors (Lipinski definition) is 7. The molecule has 10 heteroatoms. The number of oxazole rings is 1. The van der Waals surface area contributed by atoms with Gasteiger partial charge in [-0.2, -0.15) is 4.68 Å². The zero-order valence-corrected chi connectivity index (χ0v) is 14.5. The monoisotopic (exact) mass is 402 g/mol. The number of aromatic nitrogens is 6. The van der Waals surface area contributed by atoms with E-state index in [2.05, 4.69) is 36.2 Å². The number of imidazole rings is 1. The Balaban J connectivity index is 1.77. The quantitative estimate of drug-likeness (QED) is 0.514. The highest BCUT2D eigenvalue weighted by Crippen LogP contribution is 2.27. The van der Waals surface area contributed by atoms with Gasteiger partial charge in [-0.25, -0.2) is 19.2 Å². The molecule has 0 N–H and O–H groups in total. The summed E-state index contributed by atoms with van der Waals surface area (Å²) < 4.78 is 14.0. The largest absolute Gasteiger partial charge is 0.435 e. The first-order valence-corrected chi connectivity index (χ1v) is 7.98. The van der Waals surface area contributed by atoms with Gasteiger partial charge in [0.2, 0.25) is 5.89 Å². The van der Waals surface area contributed by atoms with Crippen molar-refractivity contribution in [2.45, 2.75) is 6.73 Å². The van der Waals surface area contributed by atoms with Crippen LogP contribution in [0.4, 0.5) is 0 Å². The third-order valence-corrected chi connectivity index (χ3v) is 4.03. The van der Waals surface area contributed by atoms with Gasteiger partial charge in [0, 0.05) is 17.1 Å². The second-order valence-electron chi connectivity index (χ2n) is 5.11. The van der Waals surface area contributed by atoms with E-state index < -0.39 is 5.69 Å². The molecule has 4 rings (SSSR count). The zero-order valence-electron chi connectivity index (χ0n) is 13.0. The van der Waals surface area contributed by atoms with Gasteiger partial charge in [-0.1, -0.05) is 33.3 Å². The molecule has 3 heterocycles. The molecule has 1 aromatic carbocycles. The number of benzene rings is 1. The molecule has 25 heavy (non-hydrogen) atoms. The van der Waals surface area contributed by atoms with E-state index in [0.717, 1.165) is 14.7 Å². The molecule has 0 fully saturated rings. The summed E-state index contributed by atoms with van der Waals surface area (Å²) in [5, 5.41) is 7.84. The van der Waals surface area contributed by atoms with Crippen LogP contribution in [0, 0.1) is 0 Å². The van der Waals surface area contributed by atoms with E-state index in [9.17, 15) is 4.79 Å². The van der Waals surface area contributed by atoms with Gasteiger partial charge in [0.15, 0.2) is 17.1 Å². The number of rotatable bonds is 4. The van der Waals surface area contributed by atoms with Crippen LogP contribution in [-0.4, -0.2) is 36.5 Å². The fourth-order valence-electron chi connectivity index (χ4n) is 2.32. The maximum Gasteiger partial charge on any atom is 0.355 e. The molecule has 0 bridgehead atoms. The van der Waals surface area contributed by atoms with Crippen molar-refractivity contribution in [2.24, 2.45) is 0 Å². The number of ether oxygens (including phenoxy) is 1. The smallest absolute Gasteiger partial charge is 0.355 e. The first-order chi connectivity index (χ1) is 12.2. The molecule has 0 saturated heterocycles. The average Bonchev–Trinajstić information content (AvgIpc) is 3.25. The minimum atomic E-state index is -0.412. The molecule has 0 aliphatic carbocycles. The third kappa shape index (κ3) is 2.75. The summed E-state index contributed by atoms with van der Waals surface area (Å²) in [6.45, 7) is 0.00199. The molecule has 0 atom stereocenters. The summed E-state index contributed by atoms with van der Waals surface area (Å²) >= 11 is 3.39. The van der Waals surface area contributed by atoms with Gasteiger partial charge in [0.1, 0.15) is 13.1 Å². The highest BCUT2D eigenvalue weighted by molar-refractivity contribution is 9.10. The molecular formula is C15H11BrN6O3. The van der Waals surface area contributed by atoms with Crippen molar-refractivity contribution >= 4 is 21.6 Å². The number of halogens is 1. The Morgan fingerprint density at radius 3 is 2.80 bits per heavy atom. The van der Waals surface area contributed by atoms with Crippen LogP contribution in [0.25, 0.3) is 28.6 Å². The molecule has 0 spiro atoms. The van der Waals surface area contributed by atoms with Gasteiger partial charge in [-0.05, 0) is 12.1 Å². The van der Waals surface area contributed by atoms with Crippen molar-refractivity contribution in [3.63, 3.8) is 0 Å². The molecule has 3 aromatic heterocycles. The lowest BCUT2D eigenvalue weighted by molar-refractivity contribution is 0.111. The molecule has 0 radical (unpaired) electrons. The molecule has 0 amide bonds. The summed E-state index contributed by atoms with van der Waals surface area (Å²) in [5.41, 5.74) is 1.07. The van der Waals surface area contributed by atoms with Crippen LogP contribution < -0.4 is 5.69 Å². The summed E-state index contributed by atoms with van der Waals surface area (Å²) in [5.74, 6) is 0.850. The van der Waals surface area contributed by atoms with Crippen molar-refractivity contribution in [1.82, 2.24) is 29.4 Å². The normalized spacial score (nSPS) is 11.3. The minimum absolute atomic E-state index is 0.00199. The fourth-order valence-corrected chi connectivity index (χ4v) is 2.59. The Labute approximate surface area is 149 Å². The minimum Gasteiger partial charge on any atom is -0.435 e. The Morgan fingerprint density at radius 1 is 1.24 bits per heavy atom. The molecular weight excluding hydrogens is 392 g/mol. The Kier molecular flexibility index (Phi) is 3.90. The van der Waals surface area contributed by atoms with Gasteiger partial charge in [0.05, 0.1) is 6.20 Å². The van der Waals surface area contributed by atoms with Crippen molar-refractivity contribution in [1.29, 1.82) is 0 Å². The first-order valence-electron chi connectivity index (χ1n) is 7.19. The summed E-state index contributed by atoms with van der Waals surface area (Å²) in [6.07, 6.45) is 2.96. The summed E-state index contributed by atoms with van der Waals surface area (Å²) in [4.78, 5) is 20.7. The van der Waals surface area contributed by atoms with Crippen molar-refractivity contribution in [3.8, 4) is 22.9 Å². The second-order valence-corrected chi connectivity index (χ2v) is 6.03. The number of hydrogen-bond donors (Lipinski definition) is 0. The molecule has 4 aromatic rings. The zero-order chi connectivity index (χ0) is 17.4. The van der Waals surface area contributed by atoms with Gasteiger partial charge in [0.25, 0.3) is 0 Å². The lowest BCUT2D eigenvalue weighted by Crippen LogP contribution is -2.30. The van der Waals surface area contributed by atoms with Crippen molar-refractivity contribution < 1.29 is 9.15 Å². The van der Waals surface area contributed by atoms with Crippen molar-refractivity contribution in [3.05, 3.63) is 51.7 Å². The van der Waals surface area contributed by atoms with Crippen LogP contribution >= 0.6 is 15.9 Å². The highest BCUT2D eigenvalue weighted by atomic mass is 79.9. The van der Waals surface area contributed by atoms with E-state index in [0.29, 0.717) is 11.5 Å². The topological polar surface area (TPSA) is 100 Å². The van der Waals surface area contributed by atoms with Gasteiger partial charge in [-0.3, -0.25) is 0 Å². The van der Waals surface area contributed by atoms with Crippen LogP contribution in [0.2, 0.25) is 0 Å². The third-order valence-electron chi connectivity index (χ3n) is 3.50. The van der Waals surface area contributed by atoms with Crippen LogP contribution in [-0.2, 0) is 11.5 Å². The lowest BCUT2D eigenvalue weighted by Gasteiger charge is -2.01. The first kappa shape index (κ1) is 15.7. The maximum atomic E-state index is 12.3. The van der Waals surface area contributed by atoms with E-state index in [1.54, 1.807) is 6.20 Å². The standard InChI is InChI=1S/C15H11BrN6O3/c1-24-8-22-15(23)21-7-18-12(13(21)19-20-22)14-17-6-11(25-14)9-2-4-10(16)5-3-9/h2-7H,8H2,1H3. The van der Waals surface area contributed by atoms with Gasteiger partial charge >= 0.3 is 5.69 Å². The molecule has 0 aliphatic rings. The lowest BCUT2D eigenvalue weighted by atomic mass is 10.2. The van der Waals surface area contributed by atoms with Crippen LogP contribution in [0.5, 0.6) is 0 Å². The van der Waals surface area contributed by atoms with E-state index in [1.807, 2.05) is 24.3 Å². The second kappa shape index (κ2) is 6.22. The number of nitrogens with zero attached hydrogens (tertiary/aromatic N) is 6. The van der Waals surface area contributed by atoms with E-state index >= 15 is 0 Å². The predicted octanol–water partition coefficient (Wildman–Crippen LogP) is 1.97. The Bertz CT molecular complexity index is 1100. The summed E-state index contributed by atoms with van der Waals surface area (Å²) in [6, 6.07) is 7.63. The predicted molar refractivity (Wildman–Crippen MR) is 90.7 cm³/mol. The number of methoxy groups -OCH3 is 1. The van der Waals surface area contributed by atoms with E-state index in [-0.39, 0.29) is 18.3 Å². The molecule has 0 unspecified atom stereocenters. The fraction of sp³-hybridized carbons (Fsp3) is 0.133. The van der Waals surface area contributed by atoms with Gasteiger partial charge in [-0.15, -0.1) is 5.10 Å². The Morgan fingerprint density at radius 2 is 2.04 bits per heavy atom. The van der Waals surface area contributed by atoms with Crippen LogP contribution in [0.3, 0.4) is 0 Å². The van der Waals surface area contributed by atoms with E-state index in [1.165, 1.54) is 17.8 Å². The van der Waals surface area contributed by atoms with Crippen molar-refractivity contribution in [2.75, 3.05) is 7.11 Å². The molecule has 126 valence electrons. The summed E-state index contributed by atoms with van der Waals surface area (Å²) in [7, 11) is 1.47.